The van der Waals surface area contributed by atoms with Crippen molar-refractivity contribution in [3.8, 4) is 17.6 Å². The molecule has 0 spiro atoms. The van der Waals surface area contributed by atoms with Crippen molar-refractivity contribution < 1.29 is 14.6 Å². The maximum absolute atomic E-state index is 13.0. The van der Waals surface area contributed by atoms with Crippen LogP contribution < -0.4 is 9.64 Å². The first-order valence-electron chi connectivity index (χ1n) is 9.07. The van der Waals surface area contributed by atoms with Gasteiger partial charge >= 0.3 is 0 Å². The lowest BCUT2D eigenvalue weighted by Crippen LogP contribution is -2.47. The summed E-state index contributed by atoms with van der Waals surface area (Å²) in [6, 6.07) is 13.2. The van der Waals surface area contributed by atoms with Gasteiger partial charge in [-0.25, -0.2) is 0 Å². The van der Waals surface area contributed by atoms with Gasteiger partial charge in [-0.15, -0.1) is 0 Å². The second-order valence-corrected chi connectivity index (χ2v) is 9.12. The van der Waals surface area contributed by atoms with Crippen LogP contribution in [0.25, 0.3) is 0 Å². The van der Waals surface area contributed by atoms with Crippen molar-refractivity contribution in [2.24, 2.45) is 0 Å². The van der Waals surface area contributed by atoms with Crippen LogP contribution in [0.15, 0.2) is 51.5 Å². The number of methoxy groups -OCH3 is 1. The summed E-state index contributed by atoms with van der Waals surface area (Å²) in [5.74, 6) is 0.447. The van der Waals surface area contributed by atoms with Crippen molar-refractivity contribution in [2.75, 3.05) is 24.6 Å². The number of rotatable bonds is 3. The summed E-state index contributed by atoms with van der Waals surface area (Å²) < 4.78 is 5.69. The number of aromatic hydroxyl groups is 1. The minimum atomic E-state index is -0.394. The molecule has 0 unspecified atom stereocenters. The van der Waals surface area contributed by atoms with Gasteiger partial charge in [-0.05, 0) is 57.9 Å². The van der Waals surface area contributed by atoms with Gasteiger partial charge in [-0.3, -0.25) is 9.69 Å². The highest BCUT2D eigenvalue weighted by Gasteiger charge is 2.38. The lowest BCUT2D eigenvalue weighted by atomic mass is 9.86. The van der Waals surface area contributed by atoms with Gasteiger partial charge in [0.25, 0.3) is 0 Å². The van der Waals surface area contributed by atoms with Crippen LogP contribution >= 0.6 is 39.3 Å². The lowest BCUT2D eigenvalue weighted by molar-refractivity contribution is -0.129. The van der Waals surface area contributed by atoms with Gasteiger partial charge in [0.05, 0.1) is 40.8 Å². The first-order chi connectivity index (χ1) is 14.4. The topological polar surface area (TPSA) is 76.8 Å². The van der Waals surface area contributed by atoms with E-state index in [4.69, 9.17) is 16.3 Å². The van der Waals surface area contributed by atoms with Crippen molar-refractivity contribution in [3.05, 3.63) is 62.1 Å². The van der Waals surface area contributed by atoms with Gasteiger partial charge < -0.3 is 14.7 Å². The number of amides is 1. The number of fused-ring (bicyclic) bond motifs is 1. The molecule has 2 aromatic rings. The predicted octanol–water partition coefficient (Wildman–Crippen LogP) is 5.04. The summed E-state index contributed by atoms with van der Waals surface area (Å²) in [5.41, 5.74) is 2.26. The number of anilines is 1. The highest BCUT2D eigenvalue weighted by atomic mass is 79.9. The minimum Gasteiger partial charge on any atom is -0.503 e. The zero-order valence-corrected chi connectivity index (χ0v) is 19.1. The number of hydrogen-bond acceptors (Lipinski definition) is 6. The van der Waals surface area contributed by atoms with Crippen LogP contribution in [0.4, 0.5) is 5.69 Å². The quantitative estimate of drug-likeness (QED) is 0.629. The van der Waals surface area contributed by atoms with E-state index in [0.29, 0.717) is 38.4 Å². The monoisotopic (exact) mass is 505 g/mol. The number of nitrogens with zero attached hydrogens (tertiary/aromatic N) is 3. The minimum absolute atomic E-state index is 0.0122. The fraction of sp³-hybridized carbons (Fsp3) is 0.238. The molecule has 2 aliphatic heterocycles. The summed E-state index contributed by atoms with van der Waals surface area (Å²) in [6.07, 6.45) is 0.168. The summed E-state index contributed by atoms with van der Waals surface area (Å²) in [6.45, 7) is 0.378. The number of ether oxygens (including phenoxy) is 1. The Morgan fingerprint density at radius 3 is 2.73 bits per heavy atom. The Bertz CT molecular complexity index is 1080. The van der Waals surface area contributed by atoms with Crippen LogP contribution in [0.5, 0.6) is 11.5 Å². The average Bonchev–Trinajstić information content (AvgIpc) is 2.76. The third-order valence-corrected chi connectivity index (χ3v) is 7.17. The maximum Gasteiger partial charge on any atom is 0.229 e. The maximum atomic E-state index is 13.0. The molecule has 1 amide bonds. The lowest BCUT2D eigenvalue weighted by Gasteiger charge is -2.42. The third kappa shape index (κ3) is 3.73. The molecule has 0 bridgehead atoms. The molecule has 9 heteroatoms. The van der Waals surface area contributed by atoms with Gasteiger partial charge in [-0.1, -0.05) is 23.4 Å². The largest absolute Gasteiger partial charge is 0.503 e. The van der Waals surface area contributed by atoms with Gasteiger partial charge in [0, 0.05) is 23.0 Å². The normalized spacial score (nSPS) is 18.9. The molecule has 2 aliphatic rings. The molecular weight excluding hydrogens is 490 g/mol. The van der Waals surface area contributed by atoms with Crippen LogP contribution in [-0.2, 0) is 4.79 Å². The van der Waals surface area contributed by atoms with Crippen LogP contribution in [0.1, 0.15) is 17.9 Å². The fourth-order valence-corrected chi connectivity index (χ4v) is 5.37. The molecular formula is C21H17BrClN3O3S. The number of allylic oxidation sites excluding steroid dienone is 1. The van der Waals surface area contributed by atoms with E-state index in [1.165, 1.54) is 18.9 Å². The molecule has 154 valence electrons. The van der Waals surface area contributed by atoms with Crippen molar-refractivity contribution in [1.29, 1.82) is 5.26 Å². The molecule has 1 N–H and O–H groups in total. The van der Waals surface area contributed by atoms with E-state index in [1.807, 2.05) is 24.3 Å². The number of benzene rings is 2. The van der Waals surface area contributed by atoms with E-state index in [9.17, 15) is 15.2 Å². The van der Waals surface area contributed by atoms with Crippen molar-refractivity contribution >= 4 is 50.9 Å². The molecule has 1 saturated heterocycles. The number of nitriles is 1. The first-order valence-corrected chi connectivity index (χ1v) is 11.2. The summed E-state index contributed by atoms with van der Waals surface area (Å²) >= 11 is 10.8. The molecule has 1 atom stereocenters. The Kier molecular flexibility index (Phi) is 5.87. The average molecular weight is 507 g/mol. The van der Waals surface area contributed by atoms with E-state index in [0.717, 1.165) is 11.3 Å². The van der Waals surface area contributed by atoms with Gasteiger partial charge in [0.15, 0.2) is 11.5 Å². The molecule has 6 nitrogen and oxygen atoms in total. The number of hydrogen-bond donors (Lipinski definition) is 1. The van der Waals surface area contributed by atoms with Crippen molar-refractivity contribution in [3.63, 3.8) is 0 Å². The molecule has 30 heavy (non-hydrogen) atoms. The highest BCUT2D eigenvalue weighted by Crippen LogP contribution is 2.46. The second-order valence-electron chi connectivity index (χ2n) is 6.89. The standard InChI is InChI=1S/C21H17BrClN3O3S/c1-29-18-7-12(6-17(22)20(18)28)15-8-19(27)26-10-25(11-30-21(26)16(15)9-24)14-4-2-13(23)3-5-14/h2-7,15,28H,8,10-11H2,1H3/t15-/m0/s1. The van der Waals surface area contributed by atoms with Crippen LogP contribution in [0.3, 0.4) is 0 Å². The smallest absolute Gasteiger partial charge is 0.229 e. The zero-order valence-electron chi connectivity index (χ0n) is 15.9. The van der Waals surface area contributed by atoms with Crippen molar-refractivity contribution in [1.82, 2.24) is 4.90 Å². The van der Waals surface area contributed by atoms with E-state index in [-0.39, 0.29) is 18.1 Å². The first kappa shape index (κ1) is 20.9. The third-order valence-electron chi connectivity index (χ3n) is 5.16. The number of halogens is 2. The fourth-order valence-electron chi connectivity index (χ4n) is 3.61. The Balaban J connectivity index is 1.69. The summed E-state index contributed by atoms with van der Waals surface area (Å²) in [5, 5.41) is 21.4. The number of carbonyl (C=O) groups is 1. The summed E-state index contributed by atoms with van der Waals surface area (Å²) in [4.78, 5) is 16.8. The Morgan fingerprint density at radius 1 is 1.33 bits per heavy atom. The second kappa shape index (κ2) is 8.42. The van der Waals surface area contributed by atoms with E-state index < -0.39 is 5.92 Å². The van der Waals surface area contributed by atoms with E-state index in [2.05, 4.69) is 26.9 Å². The molecule has 2 aromatic carbocycles. The molecule has 1 fully saturated rings. The van der Waals surface area contributed by atoms with E-state index in [1.54, 1.807) is 17.0 Å². The molecule has 0 radical (unpaired) electrons. The number of phenolic OH excluding ortho intramolecular Hbond substituents is 1. The van der Waals surface area contributed by atoms with Gasteiger partial charge in [0.2, 0.25) is 5.91 Å². The number of phenols is 1. The molecule has 0 aromatic heterocycles. The van der Waals surface area contributed by atoms with Crippen LogP contribution in [-0.4, -0.2) is 35.6 Å². The van der Waals surface area contributed by atoms with Crippen molar-refractivity contribution in [2.45, 2.75) is 12.3 Å². The molecule has 0 saturated carbocycles. The Labute approximate surface area is 191 Å². The number of carbonyl (C=O) groups excluding carboxylic acids is 1. The predicted molar refractivity (Wildman–Crippen MR) is 120 cm³/mol. The van der Waals surface area contributed by atoms with Gasteiger partial charge in [-0.2, -0.15) is 5.26 Å². The highest BCUT2D eigenvalue weighted by molar-refractivity contribution is 9.10. The SMILES string of the molecule is COc1cc([C@@H]2CC(=O)N3CN(c4ccc(Cl)cc4)CSC3=C2C#N)cc(Br)c1O. The molecule has 4 rings (SSSR count). The molecule has 2 heterocycles. The number of thioether (sulfide) groups is 1. The Morgan fingerprint density at radius 2 is 2.07 bits per heavy atom. The van der Waals surface area contributed by atoms with Gasteiger partial charge in [0.1, 0.15) is 0 Å². The van der Waals surface area contributed by atoms with Crippen LogP contribution in [0.2, 0.25) is 5.02 Å². The van der Waals surface area contributed by atoms with E-state index >= 15 is 0 Å². The zero-order chi connectivity index (χ0) is 21.4. The Hall–Kier alpha value is -2.34. The molecule has 0 aliphatic carbocycles. The summed E-state index contributed by atoms with van der Waals surface area (Å²) in [7, 11) is 1.46. The van der Waals surface area contributed by atoms with Crippen LogP contribution in [0, 0.1) is 11.3 Å².